The van der Waals surface area contributed by atoms with Gasteiger partial charge in [-0.25, -0.2) is 4.79 Å². The molecule has 0 aliphatic rings. The van der Waals surface area contributed by atoms with E-state index < -0.39 is 17.7 Å². The number of aliphatic carboxylic acids is 1. The van der Waals surface area contributed by atoms with Gasteiger partial charge in [-0.15, -0.1) is 0 Å². The van der Waals surface area contributed by atoms with Crippen LogP contribution in [0.3, 0.4) is 0 Å². The predicted octanol–water partition coefficient (Wildman–Crippen LogP) is 2.64. The zero-order chi connectivity index (χ0) is 16.6. The van der Waals surface area contributed by atoms with Gasteiger partial charge in [-0.2, -0.15) is 0 Å². The lowest BCUT2D eigenvalue weighted by molar-refractivity contribution is -0.136. The molecule has 1 aromatic rings. The summed E-state index contributed by atoms with van der Waals surface area (Å²) in [5, 5.41) is 11.3. The van der Waals surface area contributed by atoms with Crippen LogP contribution in [0.4, 0.5) is 4.79 Å². The van der Waals surface area contributed by atoms with Gasteiger partial charge >= 0.3 is 12.1 Å². The second-order valence-corrected chi connectivity index (χ2v) is 5.77. The first kappa shape index (κ1) is 17.7. The maximum atomic E-state index is 11.4. The largest absolute Gasteiger partial charge is 0.481 e. The minimum Gasteiger partial charge on any atom is -0.481 e. The maximum Gasteiger partial charge on any atom is 0.407 e. The molecular formula is C16H22N2O4. The molecule has 0 fully saturated rings. The number of nitrogens with zero attached hydrogens (tertiary/aromatic N) is 1. The monoisotopic (exact) mass is 306 g/mol. The number of alkyl carbamates (subject to hydrolysis) is 1. The fourth-order valence-electron chi connectivity index (χ4n) is 1.59. The standard InChI is InChI=1S/C16H22N2O4/c1-16(2,3)22-15(21)17-9-5-4-6-12-7-8-13(18-11-12)10-14(19)20/h4,6-8,11H,5,9-10H2,1-3H3,(H,17,21)(H,19,20). The summed E-state index contributed by atoms with van der Waals surface area (Å²) in [4.78, 5) is 26.0. The van der Waals surface area contributed by atoms with Crippen LogP contribution in [0.1, 0.15) is 38.4 Å². The Morgan fingerprint density at radius 2 is 2.09 bits per heavy atom. The third-order valence-electron chi connectivity index (χ3n) is 2.47. The number of carbonyl (C=O) groups is 2. The number of hydrogen-bond acceptors (Lipinski definition) is 4. The van der Waals surface area contributed by atoms with Gasteiger partial charge in [-0.1, -0.05) is 18.2 Å². The zero-order valence-electron chi connectivity index (χ0n) is 13.1. The number of carboxylic acids is 1. The number of hydrogen-bond donors (Lipinski definition) is 2. The van der Waals surface area contributed by atoms with Gasteiger partial charge in [0.15, 0.2) is 0 Å². The Kier molecular flexibility index (Phi) is 6.56. The van der Waals surface area contributed by atoms with Crippen LogP contribution in [0, 0.1) is 0 Å². The minimum atomic E-state index is -0.899. The van der Waals surface area contributed by atoms with Crippen LogP contribution in [-0.4, -0.2) is 34.3 Å². The van der Waals surface area contributed by atoms with Crippen LogP contribution in [0.5, 0.6) is 0 Å². The topological polar surface area (TPSA) is 88.5 Å². The molecule has 0 unspecified atom stereocenters. The molecule has 0 saturated heterocycles. The Hall–Kier alpha value is -2.37. The molecule has 22 heavy (non-hydrogen) atoms. The summed E-state index contributed by atoms with van der Waals surface area (Å²) in [5.41, 5.74) is 0.908. The van der Waals surface area contributed by atoms with Gasteiger partial charge in [0.1, 0.15) is 5.60 Å². The van der Waals surface area contributed by atoms with E-state index in [2.05, 4.69) is 10.3 Å². The van der Waals surface area contributed by atoms with Crippen molar-refractivity contribution in [2.24, 2.45) is 0 Å². The van der Waals surface area contributed by atoms with E-state index in [1.165, 1.54) is 0 Å². The molecule has 0 radical (unpaired) electrons. The Labute approximate surface area is 130 Å². The molecule has 1 aromatic heterocycles. The van der Waals surface area contributed by atoms with Gasteiger partial charge in [-0.3, -0.25) is 9.78 Å². The Bertz CT molecular complexity index is 530. The first-order valence-corrected chi connectivity index (χ1v) is 7.06. The number of nitrogens with one attached hydrogen (secondary N) is 1. The lowest BCUT2D eigenvalue weighted by atomic mass is 10.2. The molecular weight excluding hydrogens is 284 g/mol. The van der Waals surface area contributed by atoms with Crippen LogP contribution in [0.15, 0.2) is 24.4 Å². The summed E-state index contributed by atoms with van der Waals surface area (Å²) in [5.74, 6) is -0.899. The number of amides is 1. The van der Waals surface area contributed by atoms with Gasteiger partial charge < -0.3 is 15.2 Å². The van der Waals surface area contributed by atoms with Crippen molar-refractivity contribution in [2.75, 3.05) is 6.54 Å². The molecule has 6 nitrogen and oxygen atoms in total. The summed E-state index contributed by atoms with van der Waals surface area (Å²) >= 11 is 0. The highest BCUT2D eigenvalue weighted by atomic mass is 16.6. The van der Waals surface area contributed by atoms with E-state index in [-0.39, 0.29) is 6.42 Å². The average molecular weight is 306 g/mol. The first-order chi connectivity index (χ1) is 10.3. The van der Waals surface area contributed by atoms with E-state index in [4.69, 9.17) is 9.84 Å². The molecule has 0 bridgehead atoms. The van der Waals surface area contributed by atoms with Gasteiger partial charge in [0, 0.05) is 12.7 Å². The molecule has 0 spiro atoms. The first-order valence-electron chi connectivity index (χ1n) is 7.06. The highest BCUT2D eigenvalue weighted by molar-refractivity contribution is 5.69. The maximum absolute atomic E-state index is 11.4. The summed E-state index contributed by atoms with van der Waals surface area (Å²) in [7, 11) is 0. The molecule has 0 aliphatic heterocycles. The van der Waals surface area contributed by atoms with Crippen LogP contribution in [0.2, 0.25) is 0 Å². The fourth-order valence-corrected chi connectivity index (χ4v) is 1.59. The summed E-state index contributed by atoms with van der Waals surface area (Å²) < 4.78 is 5.12. The van der Waals surface area contributed by atoms with Crippen LogP contribution < -0.4 is 5.32 Å². The number of carbonyl (C=O) groups excluding carboxylic acids is 1. The van der Waals surface area contributed by atoms with Crippen LogP contribution in [-0.2, 0) is 16.0 Å². The number of carboxylic acid groups (broad SMARTS) is 1. The summed E-state index contributed by atoms with van der Waals surface area (Å²) in [6, 6.07) is 3.50. The van der Waals surface area contributed by atoms with E-state index >= 15 is 0 Å². The van der Waals surface area contributed by atoms with Crippen LogP contribution in [0.25, 0.3) is 6.08 Å². The van der Waals surface area contributed by atoms with E-state index in [0.29, 0.717) is 18.7 Å². The van der Waals surface area contributed by atoms with Crippen molar-refractivity contribution >= 4 is 18.1 Å². The summed E-state index contributed by atoms with van der Waals surface area (Å²) in [6.45, 7) is 5.92. The van der Waals surface area contributed by atoms with Crippen molar-refractivity contribution in [3.8, 4) is 0 Å². The average Bonchev–Trinajstić information content (AvgIpc) is 2.37. The molecule has 0 aromatic carbocycles. The Morgan fingerprint density at radius 3 is 2.64 bits per heavy atom. The molecule has 6 heteroatoms. The van der Waals surface area contributed by atoms with E-state index in [1.54, 1.807) is 12.3 Å². The van der Waals surface area contributed by atoms with Crippen molar-refractivity contribution in [2.45, 2.75) is 39.2 Å². The highest BCUT2D eigenvalue weighted by Crippen LogP contribution is 2.06. The van der Waals surface area contributed by atoms with Crippen molar-refractivity contribution in [1.29, 1.82) is 0 Å². The lowest BCUT2D eigenvalue weighted by Gasteiger charge is -2.19. The molecule has 2 N–H and O–H groups in total. The molecule has 1 amide bonds. The highest BCUT2D eigenvalue weighted by Gasteiger charge is 2.15. The van der Waals surface area contributed by atoms with Gasteiger partial charge in [-0.05, 0) is 38.8 Å². The fraction of sp³-hybridized carbons (Fsp3) is 0.438. The number of ether oxygens (including phenoxy) is 1. The van der Waals surface area contributed by atoms with Gasteiger partial charge in [0.25, 0.3) is 0 Å². The van der Waals surface area contributed by atoms with E-state index in [9.17, 15) is 9.59 Å². The van der Waals surface area contributed by atoms with Crippen molar-refractivity contribution in [3.63, 3.8) is 0 Å². The Balaban J connectivity index is 2.31. The van der Waals surface area contributed by atoms with Crippen molar-refractivity contribution in [1.82, 2.24) is 10.3 Å². The minimum absolute atomic E-state index is 0.0796. The van der Waals surface area contributed by atoms with E-state index in [0.717, 1.165) is 5.56 Å². The lowest BCUT2D eigenvalue weighted by Crippen LogP contribution is -2.32. The number of pyridine rings is 1. The molecule has 0 saturated carbocycles. The Morgan fingerprint density at radius 1 is 1.36 bits per heavy atom. The second kappa shape index (κ2) is 8.17. The van der Waals surface area contributed by atoms with E-state index in [1.807, 2.05) is 39.0 Å². The zero-order valence-corrected chi connectivity index (χ0v) is 13.1. The van der Waals surface area contributed by atoms with Crippen LogP contribution >= 0.6 is 0 Å². The SMILES string of the molecule is CC(C)(C)OC(=O)NCCC=Cc1ccc(CC(=O)O)nc1. The smallest absolute Gasteiger partial charge is 0.407 e. The predicted molar refractivity (Wildman–Crippen MR) is 83.5 cm³/mol. The van der Waals surface area contributed by atoms with Gasteiger partial charge in [0.2, 0.25) is 0 Å². The molecule has 0 aliphatic carbocycles. The molecule has 1 rings (SSSR count). The third kappa shape index (κ3) is 8.04. The quantitative estimate of drug-likeness (QED) is 0.789. The van der Waals surface area contributed by atoms with Crippen molar-refractivity contribution in [3.05, 3.63) is 35.7 Å². The number of aromatic nitrogens is 1. The summed E-state index contributed by atoms with van der Waals surface area (Å²) in [6.07, 6.45) is 5.55. The van der Waals surface area contributed by atoms with Gasteiger partial charge in [0.05, 0.1) is 12.1 Å². The van der Waals surface area contributed by atoms with Crippen molar-refractivity contribution < 1.29 is 19.4 Å². The number of rotatable bonds is 6. The molecule has 0 atom stereocenters. The molecule has 1 heterocycles. The second-order valence-electron chi connectivity index (χ2n) is 5.77. The molecule has 120 valence electrons. The third-order valence-corrected chi connectivity index (χ3v) is 2.47. The normalized spacial score (nSPS) is 11.4.